The molecule has 0 unspecified atom stereocenters. The van der Waals surface area contributed by atoms with Crippen molar-refractivity contribution in [2.75, 3.05) is 19.0 Å². The van der Waals surface area contributed by atoms with Gasteiger partial charge in [0.1, 0.15) is 10.8 Å². The maximum Gasteiger partial charge on any atom is 0.135 e. The number of nitrogens with two attached hydrogens (primary N) is 1. The fourth-order valence-corrected chi connectivity index (χ4v) is 2.30. The highest BCUT2D eigenvalue weighted by Gasteiger charge is 2.12. The van der Waals surface area contributed by atoms with Crippen LogP contribution in [0.1, 0.15) is 11.1 Å². The predicted molar refractivity (Wildman–Crippen MR) is 87.6 cm³/mol. The molecule has 2 rings (SSSR count). The van der Waals surface area contributed by atoms with E-state index >= 15 is 0 Å². The Morgan fingerprint density at radius 2 is 1.90 bits per heavy atom. The second kappa shape index (κ2) is 7.15. The summed E-state index contributed by atoms with van der Waals surface area (Å²) in [6.07, 6.45) is 0.761. The van der Waals surface area contributed by atoms with E-state index in [0.29, 0.717) is 12.3 Å². The molecule has 3 nitrogen and oxygen atoms in total. The van der Waals surface area contributed by atoms with E-state index < -0.39 is 5.82 Å². The number of para-hydroxylation sites is 1. The first-order valence-electron chi connectivity index (χ1n) is 6.55. The number of nitrogens with one attached hydrogen (secondary N) is 1. The number of hydrogen-bond donors (Lipinski definition) is 2. The minimum atomic E-state index is -0.429. The largest absolute Gasteiger partial charge is 0.389 e. The van der Waals surface area contributed by atoms with Gasteiger partial charge in [0, 0.05) is 12.8 Å². The maximum atomic E-state index is 13.9. The first-order valence-corrected chi connectivity index (χ1v) is 6.96. The molecule has 2 aromatic rings. The molecule has 0 radical (unpaired) electrons. The summed E-state index contributed by atoms with van der Waals surface area (Å²) in [5, 5.41) is 3.21. The molecule has 0 atom stereocenters. The Morgan fingerprint density at radius 1 is 1.19 bits per heavy atom. The van der Waals surface area contributed by atoms with E-state index in [1.54, 1.807) is 19.2 Å². The van der Waals surface area contributed by atoms with Gasteiger partial charge in [0.25, 0.3) is 0 Å². The van der Waals surface area contributed by atoms with Gasteiger partial charge in [-0.3, -0.25) is 0 Å². The van der Waals surface area contributed by atoms with Crippen molar-refractivity contribution in [2.45, 2.75) is 6.42 Å². The third-order valence-corrected chi connectivity index (χ3v) is 3.33. The predicted octanol–water partition coefficient (Wildman–Crippen LogP) is 3.39. The smallest absolute Gasteiger partial charge is 0.135 e. The summed E-state index contributed by atoms with van der Waals surface area (Å²) in [6, 6.07) is 12.5. The highest BCUT2D eigenvalue weighted by Crippen LogP contribution is 2.25. The summed E-state index contributed by atoms with van der Waals surface area (Å²) in [5.41, 5.74) is 8.38. The van der Waals surface area contributed by atoms with E-state index in [9.17, 15) is 4.39 Å². The minimum Gasteiger partial charge on any atom is -0.389 e. The third kappa shape index (κ3) is 3.77. The van der Waals surface area contributed by atoms with Crippen molar-refractivity contribution in [2.24, 2.45) is 5.73 Å². The molecule has 0 aliphatic rings. The summed E-state index contributed by atoms with van der Waals surface area (Å²) in [5.74, 6) is -0.429. The van der Waals surface area contributed by atoms with E-state index in [1.165, 1.54) is 6.07 Å². The molecule has 0 bridgehead atoms. The molecule has 21 heavy (non-hydrogen) atoms. The first-order chi connectivity index (χ1) is 10.1. The Kier molecular flexibility index (Phi) is 5.25. The molecule has 2 aromatic carbocycles. The average Bonchev–Trinajstić information content (AvgIpc) is 2.46. The van der Waals surface area contributed by atoms with Crippen LogP contribution in [-0.4, -0.2) is 18.7 Å². The molecular weight excluding hydrogens is 287 g/mol. The molecule has 110 valence electrons. The van der Waals surface area contributed by atoms with Gasteiger partial charge in [-0.1, -0.05) is 36.5 Å². The van der Waals surface area contributed by atoms with Crippen LogP contribution in [0.5, 0.6) is 0 Å². The normalized spacial score (nSPS) is 10.4. The molecule has 0 aromatic heterocycles. The van der Waals surface area contributed by atoms with Crippen LogP contribution >= 0.6 is 12.2 Å². The van der Waals surface area contributed by atoms with Crippen LogP contribution in [0.3, 0.4) is 0 Å². The van der Waals surface area contributed by atoms with Crippen LogP contribution < -0.4 is 11.1 Å². The summed E-state index contributed by atoms with van der Waals surface area (Å²) >= 11 is 4.93. The van der Waals surface area contributed by atoms with Crippen molar-refractivity contribution >= 4 is 28.6 Å². The lowest BCUT2D eigenvalue weighted by Gasteiger charge is -2.15. The van der Waals surface area contributed by atoms with Crippen LogP contribution in [0.15, 0.2) is 42.5 Å². The van der Waals surface area contributed by atoms with Gasteiger partial charge in [0.15, 0.2) is 0 Å². The van der Waals surface area contributed by atoms with Gasteiger partial charge in [0.05, 0.1) is 17.9 Å². The molecule has 0 heterocycles. The molecule has 5 heteroatoms. The van der Waals surface area contributed by atoms with Crippen LogP contribution in [0.2, 0.25) is 0 Å². The minimum absolute atomic E-state index is 0.0324. The molecule has 0 spiro atoms. The van der Waals surface area contributed by atoms with Gasteiger partial charge in [-0.15, -0.1) is 0 Å². The molecule has 0 saturated heterocycles. The fourth-order valence-electron chi connectivity index (χ4n) is 2.10. The van der Waals surface area contributed by atoms with Crippen LogP contribution in [0.4, 0.5) is 15.8 Å². The van der Waals surface area contributed by atoms with Crippen molar-refractivity contribution in [1.82, 2.24) is 0 Å². The zero-order valence-electron chi connectivity index (χ0n) is 11.7. The van der Waals surface area contributed by atoms with Gasteiger partial charge < -0.3 is 15.8 Å². The third-order valence-electron chi connectivity index (χ3n) is 3.12. The molecule has 3 N–H and O–H groups in total. The summed E-state index contributed by atoms with van der Waals surface area (Å²) in [6.45, 7) is 0.615. The quantitative estimate of drug-likeness (QED) is 0.803. The Bertz CT molecular complexity index is 646. The standard InChI is InChI=1S/C16H17FN2OS/c1-20-10-9-11-5-2-3-7-13(11)19-14-8-4-6-12(17)15(14)16(18)21/h2-8,19H,9-10H2,1H3,(H2,18,21). The van der Waals surface area contributed by atoms with Gasteiger partial charge in [-0.25, -0.2) is 4.39 Å². The van der Waals surface area contributed by atoms with Crippen LogP contribution in [0.25, 0.3) is 0 Å². The number of methoxy groups -OCH3 is 1. The molecule has 0 saturated carbocycles. The second-order valence-electron chi connectivity index (χ2n) is 4.55. The second-order valence-corrected chi connectivity index (χ2v) is 4.99. The molecule has 0 fully saturated rings. The zero-order chi connectivity index (χ0) is 15.2. The van der Waals surface area contributed by atoms with Crippen molar-refractivity contribution in [3.05, 3.63) is 59.4 Å². The van der Waals surface area contributed by atoms with E-state index in [-0.39, 0.29) is 10.6 Å². The van der Waals surface area contributed by atoms with Crippen molar-refractivity contribution in [3.8, 4) is 0 Å². The highest BCUT2D eigenvalue weighted by atomic mass is 32.1. The van der Waals surface area contributed by atoms with Gasteiger partial charge in [-0.05, 0) is 30.2 Å². The molecule has 0 aliphatic carbocycles. The fraction of sp³-hybridized carbons (Fsp3) is 0.188. The van der Waals surface area contributed by atoms with Crippen molar-refractivity contribution in [3.63, 3.8) is 0 Å². The van der Waals surface area contributed by atoms with Crippen molar-refractivity contribution in [1.29, 1.82) is 0 Å². The van der Waals surface area contributed by atoms with E-state index in [4.69, 9.17) is 22.7 Å². The highest BCUT2D eigenvalue weighted by molar-refractivity contribution is 7.80. The lowest BCUT2D eigenvalue weighted by atomic mass is 10.1. The SMILES string of the molecule is COCCc1ccccc1Nc1cccc(F)c1C(N)=S. The Labute approximate surface area is 128 Å². The Morgan fingerprint density at radius 3 is 2.62 bits per heavy atom. The topological polar surface area (TPSA) is 47.3 Å². The van der Waals surface area contributed by atoms with E-state index in [1.807, 2.05) is 24.3 Å². The van der Waals surface area contributed by atoms with Crippen molar-refractivity contribution < 1.29 is 9.13 Å². The number of ether oxygens (including phenoxy) is 1. The van der Waals surface area contributed by atoms with Crippen LogP contribution in [0, 0.1) is 5.82 Å². The summed E-state index contributed by atoms with van der Waals surface area (Å²) in [7, 11) is 1.66. The Hall–Kier alpha value is -1.98. The number of halogens is 1. The molecular formula is C16H17FN2OS. The molecule has 0 aliphatic heterocycles. The lowest BCUT2D eigenvalue weighted by Crippen LogP contribution is -2.14. The number of thiocarbonyl (C=S) groups is 1. The monoisotopic (exact) mass is 304 g/mol. The number of benzene rings is 2. The average molecular weight is 304 g/mol. The lowest BCUT2D eigenvalue weighted by molar-refractivity contribution is 0.202. The Balaban J connectivity index is 2.35. The number of rotatable bonds is 6. The summed E-state index contributed by atoms with van der Waals surface area (Å²) < 4.78 is 19.0. The number of hydrogen-bond acceptors (Lipinski definition) is 3. The van der Waals surface area contributed by atoms with E-state index in [2.05, 4.69) is 5.32 Å². The van der Waals surface area contributed by atoms with Gasteiger partial charge >= 0.3 is 0 Å². The van der Waals surface area contributed by atoms with Crippen LogP contribution in [-0.2, 0) is 11.2 Å². The van der Waals surface area contributed by atoms with Gasteiger partial charge in [0.2, 0.25) is 0 Å². The van der Waals surface area contributed by atoms with Gasteiger partial charge in [-0.2, -0.15) is 0 Å². The first kappa shape index (κ1) is 15.4. The number of anilines is 2. The van der Waals surface area contributed by atoms with E-state index in [0.717, 1.165) is 17.7 Å². The summed E-state index contributed by atoms with van der Waals surface area (Å²) in [4.78, 5) is 0.0324. The maximum absolute atomic E-state index is 13.9. The zero-order valence-corrected chi connectivity index (χ0v) is 12.5. The molecule has 0 amide bonds.